The van der Waals surface area contributed by atoms with Crippen LogP contribution in [0.3, 0.4) is 0 Å². The molecule has 0 saturated carbocycles. The molecule has 0 atom stereocenters. The van der Waals surface area contributed by atoms with Crippen molar-refractivity contribution in [1.82, 2.24) is 20.2 Å². The number of aromatic nitrogens is 4. The monoisotopic (exact) mass is 441 g/mol. The third-order valence-corrected chi connectivity index (χ3v) is 6.72. The molecule has 29 heavy (non-hydrogen) atoms. The Kier molecular flexibility index (Phi) is 6.08. The molecule has 1 aromatic carbocycles. The number of aryl methyl sites for hydroxylation is 1. The van der Waals surface area contributed by atoms with Gasteiger partial charge in [-0.2, -0.15) is 0 Å². The van der Waals surface area contributed by atoms with Crippen molar-refractivity contribution in [2.24, 2.45) is 0 Å². The number of thiophene rings is 1. The predicted molar refractivity (Wildman–Crippen MR) is 119 cm³/mol. The van der Waals surface area contributed by atoms with Crippen LogP contribution in [-0.2, 0) is 17.0 Å². The van der Waals surface area contributed by atoms with Gasteiger partial charge in [-0.1, -0.05) is 30.0 Å². The molecule has 0 radical (unpaired) electrons. The molecule has 1 amide bonds. The largest absolute Gasteiger partial charge is 0.274 e. The molecule has 0 spiro atoms. The Morgan fingerprint density at radius 3 is 2.86 bits per heavy atom. The summed E-state index contributed by atoms with van der Waals surface area (Å²) in [6, 6.07) is 12.0. The number of H-pyrrole nitrogens is 1. The highest BCUT2D eigenvalue weighted by molar-refractivity contribution is 7.98. The number of rotatable bonds is 7. The molecule has 3 aromatic heterocycles. The number of nitrogens with one attached hydrogen (secondary N) is 1. The molecule has 9 heteroatoms. The van der Waals surface area contributed by atoms with Crippen LogP contribution in [-0.4, -0.2) is 26.1 Å². The number of thiazole rings is 1. The Hall–Kier alpha value is -2.49. The Bertz CT molecular complexity index is 1100. The lowest BCUT2D eigenvalue weighted by Crippen LogP contribution is -2.22. The summed E-state index contributed by atoms with van der Waals surface area (Å²) in [5, 5.41) is 12.7. The van der Waals surface area contributed by atoms with Crippen LogP contribution in [0.1, 0.15) is 28.9 Å². The number of benzene rings is 1. The Morgan fingerprint density at radius 1 is 1.21 bits per heavy atom. The van der Waals surface area contributed by atoms with Gasteiger partial charge in [0, 0.05) is 29.4 Å². The Labute approximate surface area is 181 Å². The van der Waals surface area contributed by atoms with E-state index in [0.717, 1.165) is 29.2 Å². The normalized spacial score (nSPS) is 11.0. The highest BCUT2D eigenvalue weighted by atomic mass is 32.2. The van der Waals surface area contributed by atoms with Crippen LogP contribution < -0.4 is 4.90 Å². The third-order valence-electron chi connectivity index (χ3n) is 4.09. The van der Waals surface area contributed by atoms with Gasteiger partial charge in [0.05, 0.1) is 11.4 Å². The molecule has 3 heterocycles. The van der Waals surface area contributed by atoms with Gasteiger partial charge in [-0.15, -0.1) is 27.8 Å². The van der Waals surface area contributed by atoms with Gasteiger partial charge in [0.1, 0.15) is 5.82 Å². The topological polar surface area (TPSA) is 74.8 Å². The Morgan fingerprint density at radius 2 is 2.10 bits per heavy atom. The second-order valence-electron chi connectivity index (χ2n) is 6.42. The van der Waals surface area contributed by atoms with E-state index < -0.39 is 0 Å². The lowest BCUT2D eigenvalue weighted by atomic mass is 10.2. The SMILES string of the molecule is CC(=O)N(c1cccc(C)c1)c1nc(CSc2n[nH]c(Cc3cccs3)n2)cs1. The smallest absolute Gasteiger partial charge is 0.230 e. The fraction of sp³-hybridized carbons (Fsp3) is 0.200. The molecule has 0 aliphatic carbocycles. The van der Waals surface area contributed by atoms with Crippen LogP contribution in [0.25, 0.3) is 0 Å². The van der Waals surface area contributed by atoms with Crippen molar-refractivity contribution >= 4 is 51.2 Å². The molecular formula is C20H19N5OS3. The number of carbonyl (C=O) groups excluding carboxylic acids is 1. The van der Waals surface area contributed by atoms with Gasteiger partial charge in [-0.3, -0.25) is 14.8 Å². The fourth-order valence-electron chi connectivity index (χ4n) is 2.80. The van der Waals surface area contributed by atoms with Gasteiger partial charge in [-0.25, -0.2) is 9.97 Å². The van der Waals surface area contributed by atoms with Gasteiger partial charge in [0.15, 0.2) is 5.13 Å². The summed E-state index contributed by atoms with van der Waals surface area (Å²) >= 11 is 4.70. The molecule has 0 aliphatic heterocycles. The van der Waals surface area contributed by atoms with E-state index in [1.807, 2.05) is 42.6 Å². The summed E-state index contributed by atoms with van der Waals surface area (Å²) in [6.07, 6.45) is 0.760. The van der Waals surface area contributed by atoms with E-state index >= 15 is 0 Å². The van der Waals surface area contributed by atoms with Crippen molar-refractivity contribution in [3.63, 3.8) is 0 Å². The summed E-state index contributed by atoms with van der Waals surface area (Å²) < 4.78 is 0. The molecule has 0 unspecified atom stereocenters. The number of carbonyl (C=O) groups is 1. The van der Waals surface area contributed by atoms with Gasteiger partial charge >= 0.3 is 0 Å². The summed E-state index contributed by atoms with van der Waals surface area (Å²) in [4.78, 5) is 24.3. The van der Waals surface area contributed by atoms with Crippen molar-refractivity contribution < 1.29 is 4.79 Å². The Balaban J connectivity index is 1.42. The minimum atomic E-state index is -0.0589. The highest BCUT2D eigenvalue weighted by Crippen LogP contribution is 2.31. The summed E-state index contributed by atoms with van der Waals surface area (Å²) in [5.74, 6) is 1.44. The van der Waals surface area contributed by atoms with Gasteiger partial charge in [0.25, 0.3) is 0 Å². The highest BCUT2D eigenvalue weighted by Gasteiger charge is 2.18. The zero-order valence-electron chi connectivity index (χ0n) is 16.0. The van der Waals surface area contributed by atoms with Crippen molar-refractivity contribution in [3.05, 3.63) is 69.1 Å². The average molecular weight is 442 g/mol. The lowest BCUT2D eigenvalue weighted by molar-refractivity contribution is -0.115. The van der Waals surface area contributed by atoms with E-state index in [-0.39, 0.29) is 5.91 Å². The lowest BCUT2D eigenvalue weighted by Gasteiger charge is -2.18. The predicted octanol–water partition coefficient (Wildman–Crippen LogP) is 5.20. The van der Waals surface area contributed by atoms with Gasteiger partial charge in [-0.05, 0) is 36.1 Å². The number of nitrogens with zero attached hydrogens (tertiary/aromatic N) is 4. The van der Waals surface area contributed by atoms with Crippen molar-refractivity contribution in [3.8, 4) is 0 Å². The summed E-state index contributed by atoms with van der Waals surface area (Å²) in [5.41, 5.74) is 2.83. The molecule has 4 rings (SSSR count). The van der Waals surface area contributed by atoms with E-state index in [1.54, 1.807) is 23.2 Å². The first-order valence-corrected chi connectivity index (χ1v) is 11.7. The first-order valence-electron chi connectivity index (χ1n) is 8.97. The van der Waals surface area contributed by atoms with E-state index in [0.29, 0.717) is 16.0 Å². The second-order valence-corrected chi connectivity index (χ2v) is 9.24. The number of hydrogen-bond donors (Lipinski definition) is 1. The molecule has 0 aliphatic rings. The van der Waals surface area contributed by atoms with Crippen LogP contribution in [0.15, 0.2) is 52.3 Å². The number of amides is 1. The van der Waals surface area contributed by atoms with E-state index in [9.17, 15) is 4.79 Å². The van der Waals surface area contributed by atoms with E-state index in [4.69, 9.17) is 0 Å². The molecule has 148 valence electrons. The molecular weight excluding hydrogens is 422 g/mol. The maximum absolute atomic E-state index is 12.2. The van der Waals surface area contributed by atoms with Gasteiger partial charge in [0.2, 0.25) is 11.1 Å². The van der Waals surface area contributed by atoms with Crippen LogP contribution >= 0.6 is 34.4 Å². The summed E-state index contributed by atoms with van der Waals surface area (Å²) in [6.45, 7) is 3.57. The van der Waals surface area contributed by atoms with Crippen molar-refractivity contribution in [2.75, 3.05) is 4.90 Å². The third kappa shape index (κ3) is 4.92. The molecule has 6 nitrogen and oxygen atoms in total. The van der Waals surface area contributed by atoms with E-state index in [1.165, 1.54) is 28.0 Å². The minimum Gasteiger partial charge on any atom is -0.274 e. The van der Waals surface area contributed by atoms with Crippen LogP contribution in [0, 0.1) is 6.92 Å². The number of aromatic amines is 1. The maximum atomic E-state index is 12.2. The molecule has 4 aromatic rings. The second kappa shape index (κ2) is 8.89. The molecule has 0 bridgehead atoms. The first-order chi connectivity index (χ1) is 14.1. The number of hydrogen-bond acceptors (Lipinski definition) is 7. The van der Waals surface area contributed by atoms with Crippen LogP contribution in [0.5, 0.6) is 0 Å². The van der Waals surface area contributed by atoms with Crippen molar-refractivity contribution in [2.45, 2.75) is 31.2 Å². The average Bonchev–Trinajstić information content (AvgIpc) is 3.43. The zero-order chi connectivity index (χ0) is 20.2. The first kappa shape index (κ1) is 19.8. The number of thioether (sulfide) groups is 1. The van der Waals surface area contributed by atoms with Crippen LogP contribution in [0.4, 0.5) is 10.8 Å². The van der Waals surface area contributed by atoms with Crippen LogP contribution in [0.2, 0.25) is 0 Å². The minimum absolute atomic E-state index is 0.0589. The molecule has 1 N–H and O–H groups in total. The van der Waals surface area contributed by atoms with Gasteiger partial charge < -0.3 is 0 Å². The zero-order valence-corrected chi connectivity index (χ0v) is 18.4. The molecule has 0 saturated heterocycles. The molecule has 0 fully saturated rings. The standard InChI is InChI=1S/C20H19N5OS3/c1-13-5-3-6-16(9-13)25(14(2)26)20-21-15(12-29-20)11-28-19-22-18(23-24-19)10-17-7-4-8-27-17/h3-9,12H,10-11H2,1-2H3,(H,22,23,24). The number of anilines is 2. The van der Waals surface area contributed by atoms with Crippen molar-refractivity contribution in [1.29, 1.82) is 0 Å². The summed E-state index contributed by atoms with van der Waals surface area (Å²) in [7, 11) is 0. The fourth-order valence-corrected chi connectivity index (χ4v) is 5.21. The van der Waals surface area contributed by atoms with E-state index in [2.05, 4.69) is 31.6 Å². The quantitative estimate of drug-likeness (QED) is 0.399. The maximum Gasteiger partial charge on any atom is 0.230 e.